The molecular formula is C15H15F2N3O3. The summed E-state index contributed by atoms with van der Waals surface area (Å²) in [5.74, 6) is -4.25. The number of rotatable bonds is 5. The predicted molar refractivity (Wildman–Crippen MR) is 76.6 cm³/mol. The van der Waals surface area contributed by atoms with Crippen LogP contribution in [-0.2, 0) is 16.1 Å². The van der Waals surface area contributed by atoms with Crippen molar-refractivity contribution in [2.75, 3.05) is 0 Å². The maximum Gasteiger partial charge on any atom is 0.330 e. The van der Waals surface area contributed by atoms with Crippen LogP contribution in [0.5, 0.6) is 0 Å². The Morgan fingerprint density at radius 1 is 1.26 bits per heavy atom. The number of carbonyl (C=O) groups is 2. The number of aryl methyl sites for hydroxylation is 2. The molecule has 122 valence electrons. The molecule has 0 saturated carbocycles. The van der Waals surface area contributed by atoms with E-state index < -0.39 is 29.6 Å². The van der Waals surface area contributed by atoms with E-state index in [2.05, 4.69) is 10.4 Å². The SMILES string of the molecule is Cc1cc(C)n(CC(=O)N[C@H](C(=O)O)c2ccc(F)c(F)c2)n1. The van der Waals surface area contributed by atoms with Crippen LogP contribution in [0.4, 0.5) is 8.78 Å². The van der Waals surface area contributed by atoms with Gasteiger partial charge in [-0.3, -0.25) is 9.48 Å². The van der Waals surface area contributed by atoms with Crippen molar-refractivity contribution in [3.8, 4) is 0 Å². The van der Waals surface area contributed by atoms with Crippen LogP contribution in [0.15, 0.2) is 24.3 Å². The van der Waals surface area contributed by atoms with Crippen molar-refractivity contribution in [2.45, 2.75) is 26.4 Å². The molecule has 8 heteroatoms. The molecule has 0 aliphatic heterocycles. The molecule has 0 unspecified atom stereocenters. The van der Waals surface area contributed by atoms with Gasteiger partial charge in [0.25, 0.3) is 0 Å². The largest absolute Gasteiger partial charge is 0.479 e. The van der Waals surface area contributed by atoms with Gasteiger partial charge in [0.1, 0.15) is 6.54 Å². The summed E-state index contributed by atoms with van der Waals surface area (Å²) < 4.78 is 27.6. The number of hydrogen-bond donors (Lipinski definition) is 2. The minimum atomic E-state index is -1.48. The van der Waals surface area contributed by atoms with Gasteiger partial charge in [0.2, 0.25) is 5.91 Å². The second-order valence-electron chi connectivity index (χ2n) is 5.10. The Bertz CT molecular complexity index is 758. The van der Waals surface area contributed by atoms with Crippen molar-refractivity contribution in [1.29, 1.82) is 0 Å². The topological polar surface area (TPSA) is 84.2 Å². The average molecular weight is 323 g/mol. The summed E-state index contributed by atoms with van der Waals surface area (Å²) >= 11 is 0. The summed E-state index contributed by atoms with van der Waals surface area (Å²) in [4.78, 5) is 23.3. The lowest BCUT2D eigenvalue weighted by molar-refractivity contribution is -0.142. The van der Waals surface area contributed by atoms with Gasteiger partial charge >= 0.3 is 5.97 Å². The van der Waals surface area contributed by atoms with Gasteiger partial charge in [0.05, 0.1) is 5.69 Å². The van der Waals surface area contributed by atoms with Gasteiger partial charge < -0.3 is 10.4 Å². The van der Waals surface area contributed by atoms with Crippen LogP contribution in [0.2, 0.25) is 0 Å². The van der Waals surface area contributed by atoms with E-state index in [4.69, 9.17) is 0 Å². The van der Waals surface area contributed by atoms with Crippen LogP contribution >= 0.6 is 0 Å². The molecule has 0 spiro atoms. The Labute approximate surface area is 130 Å². The number of hydrogen-bond acceptors (Lipinski definition) is 3. The van der Waals surface area contributed by atoms with Gasteiger partial charge in [-0.2, -0.15) is 5.10 Å². The van der Waals surface area contributed by atoms with Crippen molar-refractivity contribution >= 4 is 11.9 Å². The van der Waals surface area contributed by atoms with Crippen LogP contribution in [0.1, 0.15) is 23.0 Å². The molecule has 2 rings (SSSR count). The lowest BCUT2D eigenvalue weighted by Crippen LogP contribution is -2.36. The van der Waals surface area contributed by atoms with Crippen LogP contribution in [-0.4, -0.2) is 26.8 Å². The Hall–Kier alpha value is -2.77. The highest BCUT2D eigenvalue weighted by atomic mass is 19.2. The van der Waals surface area contributed by atoms with Gasteiger partial charge in [-0.25, -0.2) is 13.6 Å². The lowest BCUT2D eigenvalue weighted by atomic mass is 10.1. The van der Waals surface area contributed by atoms with Gasteiger partial charge in [-0.05, 0) is 37.6 Å². The molecule has 0 radical (unpaired) electrons. The minimum absolute atomic E-state index is 0.0573. The number of carbonyl (C=O) groups excluding carboxylic acids is 1. The number of aromatic nitrogens is 2. The monoisotopic (exact) mass is 323 g/mol. The number of halogens is 2. The Morgan fingerprint density at radius 3 is 2.48 bits per heavy atom. The third-order valence-corrected chi connectivity index (χ3v) is 3.23. The highest BCUT2D eigenvalue weighted by Crippen LogP contribution is 2.17. The molecule has 0 aliphatic rings. The number of benzene rings is 1. The average Bonchev–Trinajstić information content (AvgIpc) is 2.77. The van der Waals surface area contributed by atoms with Crippen molar-refractivity contribution in [1.82, 2.24) is 15.1 Å². The van der Waals surface area contributed by atoms with Crippen LogP contribution in [0, 0.1) is 25.5 Å². The van der Waals surface area contributed by atoms with E-state index in [0.29, 0.717) is 0 Å². The number of amides is 1. The summed E-state index contributed by atoms with van der Waals surface area (Å²) in [5, 5.41) is 15.6. The van der Waals surface area contributed by atoms with E-state index in [9.17, 15) is 23.5 Å². The first-order chi connectivity index (χ1) is 10.8. The second-order valence-corrected chi connectivity index (χ2v) is 5.10. The molecule has 1 heterocycles. The lowest BCUT2D eigenvalue weighted by Gasteiger charge is -2.15. The minimum Gasteiger partial charge on any atom is -0.479 e. The fraction of sp³-hybridized carbons (Fsp3) is 0.267. The zero-order valence-electron chi connectivity index (χ0n) is 12.5. The van der Waals surface area contributed by atoms with E-state index in [-0.39, 0.29) is 12.1 Å². The van der Waals surface area contributed by atoms with Gasteiger partial charge in [0.15, 0.2) is 17.7 Å². The molecule has 1 atom stereocenters. The molecule has 0 fully saturated rings. The van der Waals surface area contributed by atoms with Gasteiger partial charge in [-0.15, -0.1) is 0 Å². The smallest absolute Gasteiger partial charge is 0.330 e. The molecule has 1 aromatic heterocycles. The van der Waals surface area contributed by atoms with Crippen molar-refractivity contribution in [3.05, 3.63) is 52.9 Å². The Morgan fingerprint density at radius 2 is 1.96 bits per heavy atom. The third-order valence-electron chi connectivity index (χ3n) is 3.23. The highest BCUT2D eigenvalue weighted by Gasteiger charge is 2.23. The zero-order chi connectivity index (χ0) is 17.1. The summed E-state index contributed by atoms with van der Waals surface area (Å²) in [6.45, 7) is 3.35. The Kier molecular flexibility index (Phi) is 4.73. The maximum atomic E-state index is 13.2. The summed E-state index contributed by atoms with van der Waals surface area (Å²) in [7, 11) is 0. The fourth-order valence-electron chi connectivity index (χ4n) is 2.16. The van der Waals surface area contributed by atoms with E-state index in [0.717, 1.165) is 29.6 Å². The third kappa shape index (κ3) is 3.91. The van der Waals surface area contributed by atoms with E-state index in [1.54, 1.807) is 19.9 Å². The molecule has 0 bridgehead atoms. The van der Waals surface area contributed by atoms with Crippen LogP contribution < -0.4 is 5.32 Å². The molecule has 0 aliphatic carbocycles. The molecule has 6 nitrogen and oxygen atoms in total. The first-order valence-corrected chi connectivity index (χ1v) is 6.76. The predicted octanol–water partition coefficient (Wildman–Crippen LogP) is 1.72. The van der Waals surface area contributed by atoms with Crippen LogP contribution in [0.25, 0.3) is 0 Å². The molecule has 23 heavy (non-hydrogen) atoms. The summed E-state index contributed by atoms with van der Waals surface area (Å²) in [5.41, 5.74) is 1.42. The molecule has 2 N–H and O–H groups in total. The highest BCUT2D eigenvalue weighted by molar-refractivity contribution is 5.84. The molecule has 1 aromatic carbocycles. The van der Waals surface area contributed by atoms with E-state index in [1.165, 1.54) is 4.68 Å². The number of nitrogens with zero attached hydrogens (tertiary/aromatic N) is 2. The maximum absolute atomic E-state index is 13.2. The summed E-state index contributed by atoms with van der Waals surface area (Å²) in [6.07, 6.45) is 0. The summed E-state index contributed by atoms with van der Waals surface area (Å²) in [6, 6.07) is 2.97. The molecule has 0 saturated heterocycles. The zero-order valence-corrected chi connectivity index (χ0v) is 12.5. The number of carboxylic acids is 1. The van der Waals surface area contributed by atoms with E-state index >= 15 is 0 Å². The van der Waals surface area contributed by atoms with Crippen molar-refractivity contribution < 1.29 is 23.5 Å². The number of aliphatic carboxylic acids is 1. The van der Waals surface area contributed by atoms with Crippen molar-refractivity contribution in [2.24, 2.45) is 0 Å². The van der Waals surface area contributed by atoms with Gasteiger partial charge in [-0.1, -0.05) is 6.07 Å². The van der Waals surface area contributed by atoms with Crippen LogP contribution in [0.3, 0.4) is 0 Å². The fourth-order valence-corrected chi connectivity index (χ4v) is 2.16. The van der Waals surface area contributed by atoms with Gasteiger partial charge in [0, 0.05) is 5.69 Å². The first-order valence-electron chi connectivity index (χ1n) is 6.76. The number of carboxylic acid groups (broad SMARTS) is 1. The standard InChI is InChI=1S/C15H15F2N3O3/c1-8-5-9(2)20(19-8)7-13(21)18-14(15(22)23)10-3-4-11(16)12(17)6-10/h3-6,14H,7H2,1-2H3,(H,18,21)(H,22,23)/t14-/m0/s1. The molecule has 1 amide bonds. The number of nitrogens with one attached hydrogen (secondary N) is 1. The van der Waals surface area contributed by atoms with E-state index in [1.807, 2.05) is 0 Å². The normalized spacial score (nSPS) is 12.0. The second kappa shape index (κ2) is 6.55. The quantitative estimate of drug-likeness (QED) is 0.877. The van der Waals surface area contributed by atoms with Crippen molar-refractivity contribution in [3.63, 3.8) is 0 Å². The first kappa shape index (κ1) is 16.6. The Balaban J connectivity index is 2.16. The molecule has 2 aromatic rings. The molecular weight excluding hydrogens is 308 g/mol.